The first-order valence-electron chi connectivity index (χ1n) is 5.05. The molecule has 0 saturated carbocycles. The van der Waals surface area contributed by atoms with Crippen molar-refractivity contribution >= 4 is 0 Å². The van der Waals surface area contributed by atoms with E-state index in [1.807, 2.05) is 20.8 Å². The Labute approximate surface area is 134 Å². The standard InChI is InChI=1S/C12H20NO.3CH3.Zr/c1-9(10-7-5-6-8-10)13-11(14)12(2,3)4;;;;/h5-6,11,13-14H,1,7-8H2,2-4H3;3*1H3;/q4*-1;+4. The topological polar surface area (TPSA) is 32.3 Å². The van der Waals surface area contributed by atoms with Crippen molar-refractivity contribution in [1.29, 1.82) is 0 Å². The second kappa shape index (κ2) is 10.9. The third kappa shape index (κ3) is 8.16. The van der Waals surface area contributed by atoms with Crippen LogP contribution in [-0.2, 0) is 26.2 Å². The number of aliphatic hydroxyl groups excluding tert-OH is 1. The van der Waals surface area contributed by atoms with Crippen LogP contribution in [0.15, 0.2) is 24.4 Å². The Kier molecular flexibility index (Phi) is 16.0. The van der Waals surface area contributed by atoms with Crippen LogP contribution >= 0.6 is 0 Å². The summed E-state index contributed by atoms with van der Waals surface area (Å²) < 4.78 is 0. The summed E-state index contributed by atoms with van der Waals surface area (Å²) in [6, 6.07) is 0. The first-order valence-corrected chi connectivity index (χ1v) is 5.05. The zero-order chi connectivity index (χ0) is 10.8. The van der Waals surface area contributed by atoms with E-state index in [0.29, 0.717) is 0 Å². The Bertz CT molecular complexity index is 235. The van der Waals surface area contributed by atoms with Gasteiger partial charge in [0.2, 0.25) is 0 Å². The van der Waals surface area contributed by atoms with Gasteiger partial charge in [0, 0.05) is 5.41 Å². The van der Waals surface area contributed by atoms with Gasteiger partial charge in [-0.25, -0.2) is 6.58 Å². The Hall–Kier alpha value is -0.00688. The molecule has 1 aliphatic carbocycles. The molecule has 1 rings (SSSR count). The van der Waals surface area contributed by atoms with Crippen LogP contribution in [-0.4, -0.2) is 11.3 Å². The number of hydrogen-bond acceptors (Lipinski definition) is 2. The Morgan fingerprint density at radius 2 is 1.61 bits per heavy atom. The molecule has 0 spiro atoms. The summed E-state index contributed by atoms with van der Waals surface area (Å²) in [5.41, 5.74) is 0.715. The molecule has 3 heteroatoms. The monoisotopic (exact) mass is 329 g/mol. The normalized spacial score (nSPS) is 14.3. The first kappa shape index (κ1) is 26.5. The van der Waals surface area contributed by atoms with Crippen molar-refractivity contribution in [2.45, 2.75) is 39.8 Å². The maximum absolute atomic E-state index is 9.81. The van der Waals surface area contributed by atoms with E-state index >= 15 is 0 Å². The summed E-state index contributed by atoms with van der Waals surface area (Å²) in [6.45, 7) is 9.93. The van der Waals surface area contributed by atoms with Crippen LogP contribution in [0.5, 0.6) is 0 Å². The van der Waals surface area contributed by atoms with Crippen LogP contribution in [0, 0.1) is 33.6 Å². The molecule has 1 atom stereocenters. The van der Waals surface area contributed by atoms with Gasteiger partial charge in [0.15, 0.2) is 0 Å². The third-order valence-electron chi connectivity index (χ3n) is 2.45. The molecule has 0 bridgehead atoms. The van der Waals surface area contributed by atoms with Gasteiger partial charge in [-0.05, 0) is 0 Å². The third-order valence-corrected chi connectivity index (χ3v) is 2.45. The summed E-state index contributed by atoms with van der Waals surface area (Å²) in [5.74, 6) is 1.27. The number of nitrogens with one attached hydrogen (secondary N) is 1. The maximum Gasteiger partial charge on any atom is 4.00 e. The molecule has 0 aliphatic heterocycles. The molecule has 0 amide bonds. The number of allylic oxidation sites excluding steroid dienone is 3. The number of hydrogen-bond donors (Lipinski definition) is 2. The van der Waals surface area contributed by atoms with Gasteiger partial charge < -0.3 is 32.7 Å². The van der Waals surface area contributed by atoms with Crippen molar-refractivity contribution in [2.24, 2.45) is 5.41 Å². The predicted molar refractivity (Wildman–Crippen MR) is 78.6 cm³/mol. The van der Waals surface area contributed by atoms with E-state index in [4.69, 9.17) is 0 Å². The molecule has 0 aromatic heterocycles. The van der Waals surface area contributed by atoms with Crippen LogP contribution in [0.4, 0.5) is 0 Å². The predicted octanol–water partition coefficient (Wildman–Crippen LogP) is 3.73. The van der Waals surface area contributed by atoms with Crippen molar-refractivity contribution < 1.29 is 31.3 Å². The molecule has 2 nitrogen and oxygen atoms in total. The molecule has 0 saturated heterocycles. The van der Waals surface area contributed by atoms with Gasteiger partial charge in [0.05, 0.1) is 0 Å². The van der Waals surface area contributed by atoms with E-state index < -0.39 is 6.23 Å². The molecule has 2 N–H and O–H groups in total. The van der Waals surface area contributed by atoms with Crippen molar-refractivity contribution in [3.05, 3.63) is 52.6 Å². The fourth-order valence-corrected chi connectivity index (χ4v) is 1.26. The summed E-state index contributed by atoms with van der Waals surface area (Å²) in [6.07, 6.45) is 5.64. The minimum Gasteiger partial charge on any atom is -0.394 e. The summed E-state index contributed by atoms with van der Waals surface area (Å²) in [7, 11) is 0. The number of aliphatic hydroxyl groups is 1. The van der Waals surface area contributed by atoms with E-state index in [1.165, 1.54) is 5.92 Å². The fourth-order valence-electron chi connectivity index (χ4n) is 1.26. The van der Waals surface area contributed by atoms with E-state index in [9.17, 15) is 5.11 Å². The molecular formula is C15H29NOZr. The minimum absolute atomic E-state index is 0. The average Bonchev–Trinajstić information content (AvgIpc) is 2.53. The molecule has 0 fully saturated rings. The quantitative estimate of drug-likeness (QED) is 0.469. The van der Waals surface area contributed by atoms with Gasteiger partial charge in [-0.15, -0.1) is 17.8 Å². The zero-order valence-corrected chi connectivity index (χ0v) is 15.3. The van der Waals surface area contributed by atoms with Crippen molar-refractivity contribution in [3.8, 4) is 0 Å². The first-order chi connectivity index (χ1) is 6.41. The van der Waals surface area contributed by atoms with Gasteiger partial charge in [-0.2, -0.15) is 5.92 Å². The van der Waals surface area contributed by atoms with Crippen molar-refractivity contribution in [2.75, 3.05) is 0 Å². The van der Waals surface area contributed by atoms with Crippen LogP contribution in [0.3, 0.4) is 0 Å². The van der Waals surface area contributed by atoms with Gasteiger partial charge >= 0.3 is 26.2 Å². The molecule has 1 aliphatic rings. The van der Waals surface area contributed by atoms with E-state index in [-0.39, 0.29) is 53.9 Å². The Morgan fingerprint density at radius 3 is 1.94 bits per heavy atom. The maximum atomic E-state index is 9.81. The SMILES string of the molecule is C=C(NC(O)C(C)(C)C)[C-]1CC=CC1.[CH3-].[CH3-].[CH3-].[Zr+4]. The molecule has 104 valence electrons. The van der Waals surface area contributed by atoms with Crippen LogP contribution in [0.25, 0.3) is 0 Å². The van der Waals surface area contributed by atoms with Gasteiger partial charge in [0.1, 0.15) is 6.23 Å². The average molecular weight is 331 g/mol. The summed E-state index contributed by atoms with van der Waals surface area (Å²) in [5, 5.41) is 12.9. The minimum atomic E-state index is -0.539. The fraction of sp³-hybridized carbons (Fsp3) is 0.467. The second-order valence-electron chi connectivity index (χ2n) is 4.87. The second-order valence-corrected chi connectivity index (χ2v) is 4.87. The van der Waals surface area contributed by atoms with Crippen molar-refractivity contribution in [1.82, 2.24) is 5.32 Å². The summed E-state index contributed by atoms with van der Waals surface area (Å²) >= 11 is 0. The van der Waals surface area contributed by atoms with Crippen LogP contribution < -0.4 is 5.32 Å². The molecular weight excluding hydrogens is 301 g/mol. The molecule has 0 aromatic carbocycles. The molecule has 1 unspecified atom stereocenters. The summed E-state index contributed by atoms with van der Waals surface area (Å²) in [4.78, 5) is 0. The Balaban J connectivity index is -0.000000245. The number of rotatable bonds is 3. The van der Waals surface area contributed by atoms with Crippen LogP contribution in [0.1, 0.15) is 33.6 Å². The van der Waals surface area contributed by atoms with Gasteiger partial charge in [0.25, 0.3) is 0 Å². The molecule has 0 aromatic rings. The molecule has 0 radical (unpaired) electrons. The van der Waals surface area contributed by atoms with Gasteiger partial charge in [-0.3, -0.25) is 0 Å². The molecule has 18 heavy (non-hydrogen) atoms. The van der Waals surface area contributed by atoms with E-state index in [1.54, 1.807) is 0 Å². The molecule has 0 heterocycles. The van der Waals surface area contributed by atoms with E-state index in [0.717, 1.165) is 18.5 Å². The van der Waals surface area contributed by atoms with Crippen molar-refractivity contribution in [3.63, 3.8) is 0 Å². The van der Waals surface area contributed by atoms with E-state index in [2.05, 4.69) is 24.0 Å². The van der Waals surface area contributed by atoms with Crippen LogP contribution in [0.2, 0.25) is 0 Å². The smallest absolute Gasteiger partial charge is 0.394 e. The van der Waals surface area contributed by atoms with Gasteiger partial charge in [-0.1, -0.05) is 33.6 Å². The largest absolute Gasteiger partial charge is 4.00 e. The Morgan fingerprint density at radius 1 is 1.22 bits per heavy atom. The zero-order valence-electron chi connectivity index (χ0n) is 12.8.